The van der Waals surface area contributed by atoms with Gasteiger partial charge in [-0.05, 0) is 56.2 Å². The van der Waals surface area contributed by atoms with Gasteiger partial charge >= 0.3 is 5.69 Å². The van der Waals surface area contributed by atoms with Crippen molar-refractivity contribution in [2.24, 2.45) is 0 Å². The van der Waals surface area contributed by atoms with Crippen molar-refractivity contribution in [2.45, 2.75) is 27.3 Å². The minimum atomic E-state index is -0.439. The first-order valence-corrected chi connectivity index (χ1v) is 10.8. The number of carbonyl (C=O) groups excluding carboxylic acids is 1. The zero-order chi connectivity index (χ0) is 23.8. The fourth-order valence-corrected chi connectivity index (χ4v) is 3.74. The third-order valence-corrected chi connectivity index (χ3v) is 5.50. The maximum absolute atomic E-state index is 12.9. The van der Waals surface area contributed by atoms with Gasteiger partial charge < -0.3 is 9.84 Å². The number of hydrogen-bond donors (Lipinski definition) is 1. The molecule has 0 aliphatic rings. The number of carbonyl (C=O) groups is 1. The van der Waals surface area contributed by atoms with E-state index in [1.165, 1.54) is 4.40 Å². The number of aryl methyl sites for hydroxylation is 3. The van der Waals surface area contributed by atoms with Crippen molar-refractivity contribution in [1.29, 1.82) is 0 Å². The van der Waals surface area contributed by atoms with Gasteiger partial charge in [-0.15, -0.1) is 5.10 Å². The molecule has 0 radical (unpaired) electrons. The zero-order valence-electron chi connectivity index (χ0n) is 18.9. The van der Waals surface area contributed by atoms with Crippen LogP contribution in [-0.2, 0) is 11.3 Å². The van der Waals surface area contributed by atoms with Crippen LogP contribution >= 0.6 is 0 Å². The van der Waals surface area contributed by atoms with Crippen molar-refractivity contribution in [3.63, 3.8) is 0 Å². The van der Waals surface area contributed by atoms with E-state index in [9.17, 15) is 9.59 Å². The normalized spacial score (nSPS) is 11.1. The molecule has 9 heteroatoms. The van der Waals surface area contributed by atoms with E-state index in [1.54, 1.807) is 18.3 Å². The first kappa shape index (κ1) is 21.3. The minimum absolute atomic E-state index is 0.230. The molecule has 5 aromatic rings. The Morgan fingerprint density at radius 3 is 2.68 bits per heavy atom. The van der Waals surface area contributed by atoms with Gasteiger partial charge in [0.25, 0.3) is 5.89 Å². The zero-order valence-corrected chi connectivity index (χ0v) is 18.9. The SMILES string of the molecule is Cc1cccc(-c2noc(-c3cccn4c(=O)n(CC(=O)Nc5cc(C)ccc5C)nc34)n2)c1. The Kier molecular flexibility index (Phi) is 5.29. The van der Waals surface area contributed by atoms with E-state index in [1.807, 2.05) is 63.2 Å². The number of hydrogen-bond acceptors (Lipinski definition) is 6. The van der Waals surface area contributed by atoms with Gasteiger partial charge in [0, 0.05) is 17.4 Å². The number of benzene rings is 2. The van der Waals surface area contributed by atoms with E-state index in [-0.39, 0.29) is 18.3 Å². The summed E-state index contributed by atoms with van der Waals surface area (Å²) in [6.45, 7) is 5.62. The second kappa shape index (κ2) is 8.43. The lowest BCUT2D eigenvalue weighted by molar-refractivity contribution is -0.117. The molecule has 0 spiro atoms. The quantitative estimate of drug-likeness (QED) is 0.433. The van der Waals surface area contributed by atoms with Crippen LogP contribution in [0.3, 0.4) is 0 Å². The van der Waals surface area contributed by atoms with Crippen LogP contribution in [0.25, 0.3) is 28.5 Å². The van der Waals surface area contributed by atoms with Crippen molar-refractivity contribution < 1.29 is 9.32 Å². The second-order valence-electron chi connectivity index (χ2n) is 8.21. The van der Waals surface area contributed by atoms with E-state index in [0.717, 1.165) is 26.9 Å². The average Bonchev–Trinajstić information content (AvgIpc) is 3.42. The predicted molar refractivity (Wildman–Crippen MR) is 127 cm³/mol. The monoisotopic (exact) mass is 454 g/mol. The molecule has 34 heavy (non-hydrogen) atoms. The van der Waals surface area contributed by atoms with E-state index in [4.69, 9.17) is 4.52 Å². The molecular weight excluding hydrogens is 432 g/mol. The maximum atomic E-state index is 12.9. The molecule has 0 bridgehead atoms. The van der Waals surface area contributed by atoms with Gasteiger partial charge in [-0.3, -0.25) is 4.79 Å². The summed E-state index contributed by atoms with van der Waals surface area (Å²) >= 11 is 0. The Balaban J connectivity index is 1.46. The van der Waals surface area contributed by atoms with Gasteiger partial charge in [0.2, 0.25) is 11.7 Å². The van der Waals surface area contributed by atoms with Gasteiger partial charge in [-0.25, -0.2) is 13.9 Å². The molecule has 1 amide bonds. The lowest BCUT2D eigenvalue weighted by atomic mass is 10.1. The number of rotatable bonds is 5. The van der Waals surface area contributed by atoms with Crippen LogP contribution < -0.4 is 11.0 Å². The maximum Gasteiger partial charge on any atom is 0.350 e. The molecule has 9 nitrogen and oxygen atoms in total. The molecule has 3 heterocycles. The van der Waals surface area contributed by atoms with Gasteiger partial charge in [-0.1, -0.05) is 41.1 Å². The van der Waals surface area contributed by atoms with Crippen LogP contribution in [0.4, 0.5) is 5.69 Å². The lowest BCUT2D eigenvalue weighted by Crippen LogP contribution is -2.28. The molecule has 0 atom stereocenters. The van der Waals surface area contributed by atoms with Crippen LogP contribution in [-0.4, -0.2) is 30.2 Å². The Hall–Kier alpha value is -4.53. The Morgan fingerprint density at radius 1 is 1.03 bits per heavy atom. The summed E-state index contributed by atoms with van der Waals surface area (Å²) in [5, 5.41) is 11.3. The minimum Gasteiger partial charge on any atom is -0.333 e. The molecular formula is C25H22N6O3. The molecule has 0 saturated carbocycles. The molecule has 1 N–H and O–H groups in total. The van der Waals surface area contributed by atoms with Gasteiger partial charge in [-0.2, -0.15) is 4.98 Å². The summed E-state index contributed by atoms with van der Waals surface area (Å²) in [5.74, 6) is 0.328. The van der Waals surface area contributed by atoms with Gasteiger partial charge in [0.1, 0.15) is 6.54 Å². The molecule has 170 valence electrons. The second-order valence-corrected chi connectivity index (χ2v) is 8.21. The van der Waals surface area contributed by atoms with Crippen LogP contribution in [0.2, 0.25) is 0 Å². The highest BCUT2D eigenvalue weighted by atomic mass is 16.5. The molecule has 5 rings (SSSR count). The van der Waals surface area contributed by atoms with Crippen LogP contribution in [0.5, 0.6) is 0 Å². The number of nitrogens with zero attached hydrogens (tertiary/aromatic N) is 5. The highest BCUT2D eigenvalue weighted by Gasteiger charge is 2.19. The summed E-state index contributed by atoms with van der Waals surface area (Å²) in [5.41, 5.74) is 4.96. The number of amides is 1. The molecule has 0 aliphatic carbocycles. The third kappa shape index (κ3) is 3.99. The standard InChI is InChI=1S/C25H22N6O3/c1-15-6-4-7-18(12-15)22-27-24(34-29-22)19-8-5-11-30-23(19)28-31(25(30)33)14-21(32)26-20-13-16(2)9-10-17(20)3/h4-13H,14H2,1-3H3,(H,26,32). The summed E-state index contributed by atoms with van der Waals surface area (Å²) in [6, 6.07) is 17.0. The van der Waals surface area contributed by atoms with E-state index >= 15 is 0 Å². The van der Waals surface area contributed by atoms with Crippen LogP contribution in [0.1, 0.15) is 16.7 Å². The molecule has 2 aromatic carbocycles. The number of fused-ring (bicyclic) bond motifs is 1. The Labute approximate surface area is 194 Å². The Bertz CT molecular complexity index is 1590. The summed E-state index contributed by atoms with van der Waals surface area (Å²) in [6.07, 6.45) is 1.59. The highest BCUT2D eigenvalue weighted by Crippen LogP contribution is 2.25. The summed E-state index contributed by atoms with van der Waals surface area (Å²) in [7, 11) is 0. The first-order chi connectivity index (χ1) is 16.4. The predicted octanol–water partition coefficient (Wildman–Crippen LogP) is 3.78. The molecule has 0 aliphatic heterocycles. The van der Waals surface area contributed by atoms with E-state index in [0.29, 0.717) is 22.7 Å². The lowest BCUT2D eigenvalue weighted by Gasteiger charge is -2.08. The number of nitrogens with one attached hydrogen (secondary N) is 1. The molecule has 0 unspecified atom stereocenters. The highest BCUT2D eigenvalue weighted by molar-refractivity contribution is 5.91. The Morgan fingerprint density at radius 2 is 1.85 bits per heavy atom. The molecule has 0 fully saturated rings. The van der Waals surface area contributed by atoms with Crippen molar-refractivity contribution in [2.75, 3.05) is 5.32 Å². The van der Waals surface area contributed by atoms with Crippen molar-refractivity contribution in [3.05, 3.63) is 88.0 Å². The largest absolute Gasteiger partial charge is 0.350 e. The van der Waals surface area contributed by atoms with Crippen molar-refractivity contribution in [1.82, 2.24) is 24.3 Å². The van der Waals surface area contributed by atoms with Crippen LogP contribution in [0, 0.1) is 20.8 Å². The van der Waals surface area contributed by atoms with Crippen molar-refractivity contribution >= 4 is 17.2 Å². The fraction of sp³-hybridized carbons (Fsp3) is 0.160. The van der Waals surface area contributed by atoms with Gasteiger partial charge in [0.05, 0.1) is 5.56 Å². The molecule has 3 aromatic heterocycles. The van der Waals surface area contributed by atoms with Crippen LogP contribution in [0.15, 0.2) is 70.1 Å². The first-order valence-electron chi connectivity index (χ1n) is 10.8. The van der Waals surface area contributed by atoms with Crippen molar-refractivity contribution in [3.8, 4) is 22.8 Å². The third-order valence-electron chi connectivity index (χ3n) is 5.50. The number of pyridine rings is 1. The van der Waals surface area contributed by atoms with E-state index in [2.05, 4.69) is 20.6 Å². The average molecular weight is 454 g/mol. The fourth-order valence-electron chi connectivity index (χ4n) is 3.74. The smallest absolute Gasteiger partial charge is 0.333 e. The summed E-state index contributed by atoms with van der Waals surface area (Å²) < 4.78 is 7.96. The topological polar surface area (TPSA) is 107 Å². The summed E-state index contributed by atoms with van der Waals surface area (Å²) in [4.78, 5) is 30.1. The number of anilines is 1. The molecule has 0 saturated heterocycles. The number of aromatic nitrogens is 5. The van der Waals surface area contributed by atoms with Gasteiger partial charge in [0.15, 0.2) is 5.65 Å². The van der Waals surface area contributed by atoms with E-state index < -0.39 is 5.69 Å².